The number of aliphatic hydroxyl groups is 1. The second-order valence-corrected chi connectivity index (χ2v) is 3.96. The fraction of sp³-hybridized carbons (Fsp3) is 0.500. The Hall–Kier alpha value is -1.13. The average molecular weight is 227 g/mol. The van der Waals surface area contributed by atoms with E-state index in [0.29, 0.717) is 24.3 Å². The first-order chi connectivity index (χ1) is 7.50. The molecule has 0 saturated carbocycles. The molecule has 2 atom stereocenters. The number of halogens is 1. The van der Waals surface area contributed by atoms with Gasteiger partial charge in [-0.05, 0) is 19.9 Å². The van der Waals surface area contributed by atoms with Crippen molar-refractivity contribution in [2.24, 2.45) is 5.73 Å². The van der Waals surface area contributed by atoms with Crippen LogP contribution in [-0.4, -0.2) is 17.8 Å². The van der Waals surface area contributed by atoms with Crippen molar-refractivity contribution in [3.05, 3.63) is 29.6 Å². The molecule has 0 amide bonds. The Morgan fingerprint density at radius 2 is 2.12 bits per heavy atom. The van der Waals surface area contributed by atoms with Gasteiger partial charge < -0.3 is 15.6 Å². The summed E-state index contributed by atoms with van der Waals surface area (Å²) in [5, 5.41) is 9.03. The average Bonchev–Trinajstić information content (AvgIpc) is 2.16. The van der Waals surface area contributed by atoms with Crippen molar-refractivity contribution < 1.29 is 14.2 Å². The molecule has 1 unspecified atom stereocenters. The maximum atomic E-state index is 13.5. The molecule has 0 aliphatic rings. The van der Waals surface area contributed by atoms with E-state index in [1.54, 1.807) is 26.0 Å². The summed E-state index contributed by atoms with van der Waals surface area (Å²) in [4.78, 5) is 0. The Balaban J connectivity index is 2.59. The van der Waals surface area contributed by atoms with Gasteiger partial charge in [0.25, 0.3) is 0 Å². The van der Waals surface area contributed by atoms with Crippen LogP contribution in [0.3, 0.4) is 0 Å². The van der Waals surface area contributed by atoms with Crippen molar-refractivity contribution >= 4 is 0 Å². The summed E-state index contributed by atoms with van der Waals surface area (Å²) in [6, 6.07) is 4.30. The van der Waals surface area contributed by atoms with Crippen LogP contribution >= 0.6 is 0 Å². The molecule has 3 nitrogen and oxygen atoms in total. The van der Waals surface area contributed by atoms with E-state index >= 15 is 0 Å². The second-order valence-electron chi connectivity index (χ2n) is 3.96. The van der Waals surface area contributed by atoms with Gasteiger partial charge in [-0.3, -0.25) is 0 Å². The van der Waals surface area contributed by atoms with Gasteiger partial charge in [-0.25, -0.2) is 4.39 Å². The van der Waals surface area contributed by atoms with Crippen LogP contribution in [0, 0.1) is 5.82 Å². The predicted octanol–water partition coefficient (Wildman–Crippen LogP) is 2.00. The standard InChI is InChI=1S/C12H18FNO2/c1-8(15)5-6-16-10-3-4-11(9(2)14)12(13)7-10/h3-4,7-9,15H,5-6,14H2,1-2H3/t8?,9-/m1/s1. The molecule has 0 aliphatic carbocycles. The van der Waals surface area contributed by atoms with Gasteiger partial charge >= 0.3 is 0 Å². The van der Waals surface area contributed by atoms with E-state index in [9.17, 15) is 4.39 Å². The summed E-state index contributed by atoms with van der Waals surface area (Å²) in [6.45, 7) is 3.78. The van der Waals surface area contributed by atoms with Gasteiger partial charge in [-0.1, -0.05) is 6.07 Å². The fourth-order valence-electron chi connectivity index (χ4n) is 1.31. The number of nitrogens with two attached hydrogens (primary N) is 1. The number of hydrogen-bond donors (Lipinski definition) is 2. The molecule has 0 fully saturated rings. The van der Waals surface area contributed by atoms with E-state index < -0.39 is 6.10 Å². The number of rotatable bonds is 5. The predicted molar refractivity (Wildman–Crippen MR) is 60.8 cm³/mol. The Bertz CT molecular complexity index is 340. The first kappa shape index (κ1) is 12.9. The monoisotopic (exact) mass is 227 g/mol. The van der Waals surface area contributed by atoms with Crippen LogP contribution in [0.15, 0.2) is 18.2 Å². The third-order valence-corrected chi connectivity index (χ3v) is 2.27. The Morgan fingerprint density at radius 1 is 1.44 bits per heavy atom. The molecule has 0 radical (unpaired) electrons. The van der Waals surface area contributed by atoms with Crippen molar-refractivity contribution in [1.82, 2.24) is 0 Å². The molecule has 16 heavy (non-hydrogen) atoms. The van der Waals surface area contributed by atoms with Crippen LogP contribution in [0.2, 0.25) is 0 Å². The summed E-state index contributed by atoms with van der Waals surface area (Å²) in [6.07, 6.45) is 0.115. The normalized spacial score (nSPS) is 14.6. The first-order valence-corrected chi connectivity index (χ1v) is 5.36. The minimum absolute atomic E-state index is 0.327. The molecular weight excluding hydrogens is 209 g/mol. The molecule has 3 N–H and O–H groups in total. The summed E-state index contributed by atoms with van der Waals surface area (Å²) < 4.78 is 18.8. The summed E-state index contributed by atoms with van der Waals surface area (Å²) in [5.74, 6) is 0.104. The third-order valence-electron chi connectivity index (χ3n) is 2.27. The van der Waals surface area contributed by atoms with Crippen molar-refractivity contribution in [3.8, 4) is 5.75 Å². The minimum atomic E-state index is -0.409. The lowest BCUT2D eigenvalue weighted by Gasteiger charge is -2.11. The third kappa shape index (κ3) is 3.79. The van der Waals surface area contributed by atoms with E-state index in [-0.39, 0.29) is 11.9 Å². The second kappa shape index (κ2) is 5.82. The van der Waals surface area contributed by atoms with Gasteiger partial charge in [0.15, 0.2) is 0 Å². The molecule has 1 aromatic carbocycles. The molecule has 0 aliphatic heterocycles. The minimum Gasteiger partial charge on any atom is -0.493 e. The molecule has 0 bridgehead atoms. The van der Waals surface area contributed by atoms with E-state index in [4.69, 9.17) is 15.6 Å². The topological polar surface area (TPSA) is 55.5 Å². The van der Waals surface area contributed by atoms with E-state index in [1.807, 2.05) is 0 Å². The number of aliphatic hydroxyl groups excluding tert-OH is 1. The maximum absolute atomic E-state index is 13.5. The number of benzene rings is 1. The maximum Gasteiger partial charge on any atom is 0.131 e. The van der Waals surface area contributed by atoms with E-state index in [2.05, 4.69) is 0 Å². The van der Waals surface area contributed by atoms with Gasteiger partial charge in [-0.2, -0.15) is 0 Å². The lowest BCUT2D eigenvalue weighted by molar-refractivity contribution is 0.155. The molecule has 1 aromatic rings. The van der Waals surface area contributed by atoms with Crippen LogP contribution in [-0.2, 0) is 0 Å². The van der Waals surface area contributed by atoms with Crippen LogP contribution in [0.1, 0.15) is 31.9 Å². The largest absolute Gasteiger partial charge is 0.493 e. The van der Waals surface area contributed by atoms with Gasteiger partial charge in [-0.15, -0.1) is 0 Å². The van der Waals surface area contributed by atoms with Crippen LogP contribution in [0.25, 0.3) is 0 Å². The molecule has 0 aromatic heterocycles. The zero-order chi connectivity index (χ0) is 12.1. The highest BCUT2D eigenvalue weighted by Crippen LogP contribution is 2.20. The van der Waals surface area contributed by atoms with Crippen molar-refractivity contribution in [3.63, 3.8) is 0 Å². The smallest absolute Gasteiger partial charge is 0.131 e. The lowest BCUT2D eigenvalue weighted by atomic mass is 10.1. The highest BCUT2D eigenvalue weighted by molar-refractivity contribution is 5.30. The van der Waals surface area contributed by atoms with Crippen LogP contribution < -0.4 is 10.5 Å². The van der Waals surface area contributed by atoms with Gasteiger partial charge in [0.2, 0.25) is 0 Å². The fourth-order valence-corrected chi connectivity index (χ4v) is 1.31. The Labute approximate surface area is 95.0 Å². The van der Waals surface area contributed by atoms with Crippen molar-refractivity contribution in [2.75, 3.05) is 6.61 Å². The number of ether oxygens (including phenoxy) is 1. The molecule has 0 spiro atoms. The highest BCUT2D eigenvalue weighted by atomic mass is 19.1. The van der Waals surface area contributed by atoms with Crippen LogP contribution in [0.5, 0.6) is 5.75 Å². The SMILES string of the molecule is CC(O)CCOc1ccc([C@@H](C)N)c(F)c1. The molecule has 90 valence electrons. The molecule has 4 heteroatoms. The molecule has 1 rings (SSSR count). The number of hydrogen-bond acceptors (Lipinski definition) is 3. The summed E-state index contributed by atoms with van der Waals surface area (Å²) >= 11 is 0. The van der Waals surface area contributed by atoms with E-state index in [1.165, 1.54) is 6.07 Å². The quantitative estimate of drug-likeness (QED) is 0.808. The van der Waals surface area contributed by atoms with Gasteiger partial charge in [0.1, 0.15) is 11.6 Å². The molecule has 0 saturated heterocycles. The zero-order valence-electron chi connectivity index (χ0n) is 9.61. The van der Waals surface area contributed by atoms with E-state index in [0.717, 1.165) is 0 Å². The first-order valence-electron chi connectivity index (χ1n) is 5.36. The van der Waals surface area contributed by atoms with Gasteiger partial charge in [0, 0.05) is 24.1 Å². The lowest BCUT2D eigenvalue weighted by Crippen LogP contribution is -2.09. The summed E-state index contributed by atoms with van der Waals surface area (Å²) in [7, 11) is 0. The summed E-state index contributed by atoms with van der Waals surface area (Å²) in [5.41, 5.74) is 6.07. The Kier molecular flexibility index (Phi) is 4.71. The van der Waals surface area contributed by atoms with Crippen LogP contribution in [0.4, 0.5) is 4.39 Å². The molecule has 0 heterocycles. The Morgan fingerprint density at radius 3 is 2.62 bits per heavy atom. The van der Waals surface area contributed by atoms with Crippen molar-refractivity contribution in [1.29, 1.82) is 0 Å². The molecular formula is C12H18FNO2. The van der Waals surface area contributed by atoms with Crippen molar-refractivity contribution in [2.45, 2.75) is 32.4 Å². The zero-order valence-corrected chi connectivity index (χ0v) is 9.61. The highest BCUT2D eigenvalue weighted by Gasteiger charge is 2.08. The van der Waals surface area contributed by atoms with Gasteiger partial charge in [0.05, 0.1) is 12.7 Å².